The summed E-state index contributed by atoms with van der Waals surface area (Å²) in [7, 11) is 0. The van der Waals surface area contributed by atoms with Crippen molar-refractivity contribution in [2.45, 2.75) is 25.5 Å². The number of rotatable bonds is 2. The Balaban J connectivity index is 2.18. The summed E-state index contributed by atoms with van der Waals surface area (Å²) in [6, 6.07) is 0. The quantitative estimate of drug-likeness (QED) is 0.885. The van der Waals surface area contributed by atoms with Crippen molar-refractivity contribution in [2.24, 2.45) is 0 Å². The summed E-state index contributed by atoms with van der Waals surface area (Å²) in [6.45, 7) is 1.59. The van der Waals surface area contributed by atoms with E-state index in [1.54, 1.807) is 12.4 Å². The minimum atomic E-state index is -0.154. The molecule has 0 aromatic carbocycles. The van der Waals surface area contributed by atoms with Crippen molar-refractivity contribution < 1.29 is 4.74 Å². The highest BCUT2D eigenvalue weighted by atomic mass is 79.9. The molecule has 1 aliphatic rings. The summed E-state index contributed by atoms with van der Waals surface area (Å²) in [5.74, 6) is 0. The first-order valence-electron chi connectivity index (χ1n) is 4.93. The first kappa shape index (κ1) is 10.7. The Kier molecular flexibility index (Phi) is 3.11. The van der Waals surface area contributed by atoms with Crippen LogP contribution in [0.3, 0.4) is 0 Å². The maximum atomic E-state index is 11.3. The topological polar surface area (TPSA) is 57.2 Å². The van der Waals surface area contributed by atoms with Crippen LogP contribution in [0.5, 0.6) is 0 Å². The van der Waals surface area contributed by atoms with Crippen molar-refractivity contribution in [3.63, 3.8) is 0 Å². The number of anilines is 1. The van der Waals surface area contributed by atoms with E-state index in [2.05, 4.69) is 15.9 Å². The molecule has 2 heterocycles. The molecule has 0 unspecified atom stereocenters. The summed E-state index contributed by atoms with van der Waals surface area (Å²) in [6.07, 6.45) is 5.85. The van der Waals surface area contributed by atoms with Crippen molar-refractivity contribution in [3.05, 3.63) is 27.1 Å². The van der Waals surface area contributed by atoms with Gasteiger partial charge in [0.1, 0.15) is 0 Å². The molecule has 0 saturated carbocycles. The average Bonchev–Trinajstić information content (AvgIpc) is 2.66. The van der Waals surface area contributed by atoms with Crippen LogP contribution in [0.25, 0.3) is 0 Å². The van der Waals surface area contributed by atoms with Gasteiger partial charge in [-0.2, -0.15) is 0 Å². The van der Waals surface area contributed by atoms with E-state index >= 15 is 0 Å². The molecule has 1 fully saturated rings. The molecule has 2 N–H and O–H groups in total. The fourth-order valence-electron chi connectivity index (χ4n) is 1.75. The minimum Gasteiger partial charge on any atom is -0.394 e. The summed E-state index contributed by atoms with van der Waals surface area (Å²) >= 11 is 3.19. The van der Waals surface area contributed by atoms with Gasteiger partial charge in [-0.3, -0.25) is 4.79 Å². The second-order valence-corrected chi connectivity index (χ2v) is 4.58. The van der Waals surface area contributed by atoms with Crippen molar-refractivity contribution in [3.8, 4) is 0 Å². The molecule has 1 atom stereocenters. The second kappa shape index (κ2) is 4.37. The third kappa shape index (κ3) is 2.41. The predicted molar refractivity (Wildman–Crippen MR) is 61.8 cm³/mol. The Labute approximate surface area is 96.2 Å². The average molecular weight is 273 g/mol. The van der Waals surface area contributed by atoms with Crippen LogP contribution in [0, 0.1) is 0 Å². The van der Waals surface area contributed by atoms with E-state index in [0.717, 1.165) is 26.0 Å². The Hall–Kier alpha value is -0.810. The Morgan fingerprint density at radius 3 is 3.00 bits per heavy atom. The van der Waals surface area contributed by atoms with E-state index in [1.165, 1.54) is 0 Å². The Morgan fingerprint density at radius 1 is 1.60 bits per heavy atom. The minimum absolute atomic E-state index is 0.154. The van der Waals surface area contributed by atoms with Gasteiger partial charge in [-0.05, 0) is 28.8 Å². The molecule has 0 amide bonds. The van der Waals surface area contributed by atoms with Gasteiger partial charge in [-0.25, -0.2) is 0 Å². The predicted octanol–water partition coefficient (Wildman–Crippen LogP) is 1.37. The molecule has 15 heavy (non-hydrogen) atoms. The fourth-order valence-corrected chi connectivity index (χ4v) is 2.24. The second-order valence-electron chi connectivity index (χ2n) is 3.72. The third-order valence-corrected chi connectivity index (χ3v) is 3.07. The first-order valence-corrected chi connectivity index (χ1v) is 5.73. The number of hydrogen-bond donors (Lipinski definition) is 1. The molecular weight excluding hydrogens is 260 g/mol. The van der Waals surface area contributed by atoms with E-state index in [4.69, 9.17) is 10.5 Å². The number of nitrogen functional groups attached to an aromatic ring is 1. The van der Waals surface area contributed by atoms with Crippen LogP contribution in [0.1, 0.15) is 12.8 Å². The van der Waals surface area contributed by atoms with Crippen LogP contribution in [0.2, 0.25) is 0 Å². The zero-order valence-corrected chi connectivity index (χ0v) is 9.87. The molecular formula is C10H13BrN2O2. The lowest BCUT2D eigenvalue weighted by molar-refractivity contribution is 0.0969. The van der Waals surface area contributed by atoms with Gasteiger partial charge in [-0.1, -0.05) is 0 Å². The summed E-state index contributed by atoms with van der Waals surface area (Å²) in [5, 5.41) is 0. The summed E-state index contributed by atoms with van der Waals surface area (Å²) in [4.78, 5) is 11.3. The van der Waals surface area contributed by atoms with Gasteiger partial charge >= 0.3 is 0 Å². The van der Waals surface area contributed by atoms with Crippen molar-refractivity contribution in [1.82, 2.24) is 4.57 Å². The van der Waals surface area contributed by atoms with E-state index in [9.17, 15) is 4.79 Å². The van der Waals surface area contributed by atoms with Gasteiger partial charge in [0.2, 0.25) is 5.43 Å². The van der Waals surface area contributed by atoms with E-state index in [0.29, 0.717) is 4.47 Å². The molecule has 0 radical (unpaired) electrons. The fraction of sp³-hybridized carbons (Fsp3) is 0.500. The van der Waals surface area contributed by atoms with Crippen molar-refractivity contribution in [2.75, 3.05) is 12.3 Å². The number of ether oxygens (including phenoxy) is 1. The summed E-state index contributed by atoms with van der Waals surface area (Å²) in [5.41, 5.74) is 5.70. The largest absolute Gasteiger partial charge is 0.394 e. The molecule has 0 aliphatic carbocycles. The molecule has 2 rings (SSSR count). The normalized spacial score (nSPS) is 20.7. The van der Waals surface area contributed by atoms with E-state index in [1.807, 2.05) is 4.57 Å². The van der Waals surface area contributed by atoms with Crippen LogP contribution in [-0.4, -0.2) is 17.3 Å². The smallest absolute Gasteiger partial charge is 0.218 e. The van der Waals surface area contributed by atoms with Crippen LogP contribution >= 0.6 is 15.9 Å². The maximum Gasteiger partial charge on any atom is 0.218 e. The lowest BCUT2D eigenvalue weighted by Crippen LogP contribution is -2.19. The Bertz CT molecular complexity index is 384. The highest BCUT2D eigenvalue weighted by Crippen LogP contribution is 2.15. The van der Waals surface area contributed by atoms with Crippen LogP contribution in [0.15, 0.2) is 21.7 Å². The van der Waals surface area contributed by atoms with Gasteiger partial charge in [0.05, 0.1) is 16.3 Å². The number of nitrogens with two attached hydrogens (primary N) is 1. The van der Waals surface area contributed by atoms with Crippen LogP contribution < -0.4 is 11.2 Å². The number of nitrogens with zero attached hydrogens (tertiary/aromatic N) is 1. The van der Waals surface area contributed by atoms with Crippen LogP contribution in [-0.2, 0) is 11.3 Å². The first-order chi connectivity index (χ1) is 7.16. The molecule has 5 heteroatoms. The molecule has 0 bridgehead atoms. The maximum absolute atomic E-state index is 11.3. The molecule has 1 saturated heterocycles. The van der Waals surface area contributed by atoms with Gasteiger partial charge in [0.25, 0.3) is 0 Å². The zero-order chi connectivity index (χ0) is 10.8. The van der Waals surface area contributed by atoms with Crippen molar-refractivity contribution in [1.29, 1.82) is 0 Å². The number of aromatic nitrogens is 1. The van der Waals surface area contributed by atoms with Gasteiger partial charge in [-0.15, -0.1) is 0 Å². The highest BCUT2D eigenvalue weighted by molar-refractivity contribution is 9.10. The lowest BCUT2D eigenvalue weighted by atomic mass is 10.2. The number of halogens is 1. The standard InChI is InChI=1S/C10H13BrN2O2/c11-8-5-13(6-9(12)10(8)14)4-7-2-1-3-15-7/h5-7H,1-4,12H2/t7-/m1/s1. The third-order valence-electron chi connectivity index (χ3n) is 2.50. The van der Waals surface area contributed by atoms with Crippen LogP contribution in [0.4, 0.5) is 5.69 Å². The zero-order valence-electron chi connectivity index (χ0n) is 8.28. The lowest BCUT2D eigenvalue weighted by Gasteiger charge is -2.13. The SMILES string of the molecule is Nc1cn(C[C@H]2CCCO2)cc(Br)c1=O. The molecule has 1 aromatic heterocycles. The molecule has 1 aliphatic heterocycles. The van der Waals surface area contributed by atoms with E-state index in [-0.39, 0.29) is 17.2 Å². The molecule has 0 spiro atoms. The molecule has 82 valence electrons. The number of hydrogen-bond acceptors (Lipinski definition) is 3. The molecule has 4 nitrogen and oxygen atoms in total. The van der Waals surface area contributed by atoms with Gasteiger partial charge in [0.15, 0.2) is 0 Å². The Morgan fingerprint density at radius 2 is 2.40 bits per heavy atom. The van der Waals surface area contributed by atoms with Gasteiger partial charge < -0.3 is 15.0 Å². The van der Waals surface area contributed by atoms with E-state index < -0.39 is 0 Å². The summed E-state index contributed by atoms with van der Waals surface area (Å²) < 4.78 is 7.91. The van der Waals surface area contributed by atoms with Crippen molar-refractivity contribution >= 4 is 21.6 Å². The monoisotopic (exact) mass is 272 g/mol. The highest BCUT2D eigenvalue weighted by Gasteiger charge is 2.16. The number of pyridine rings is 1. The molecule has 1 aromatic rings. The van der Waals surface area contributed by atoms with Gasteiger partial charge in [0, 0.05) is 25.5 Å².